The maximum atomic E-state index is 13.1. The van der Waals surface area contributed by atoms with Gasteiger partial charge in [-0.15, -0.1) is 17.5 Å². The quantitative estimate of drug-likeness (QED) is 0.853. The fraction of sp³-hybridized carbons (Fsp3) is 0.556. The summed E-state index contributed by atoms with van der Waals surface area (Å²) in [6, 6.07) is 9.49. The number of carbonyl (C=O) groups excluding carboxylic acids is 1. The summed E-state index contributed by atoms with van der Waals surface area (Å²) in [5, 5.41) is 18.6. The van der Waals surface area contributed by atoms with Crippen LogP contribution in [0.2, 0.25) is 0 Å². The Labute approximate surface area is 159 Å². The van der Waals surface area contributed by atoms with Crippen molar-refractivity contribution in [2.24, 2.45) is 11.3 Å². The number of fused-ring (bicyclic) bond motifs is 1. The van der Waals surface area contributed by atoms with Gasteiger partial charge in [0.05, 0.1) is 17.1 Å². The third kappa shape index (κ3) is 3.21. The molecule has 2 aromatic rings. The van der Waals surface area contributed by atoms with Crippen LogP contribution in [0.3, 0.4) is 0 Å². The molecule has 1 saturated heterocycles. The molecule has 1 aromatic heterocycles. The number of halogens is 1. The van der Waals surface area contributed by atoms with E-state index in [0.29, 0.717) is 11.7 Å². The summed E-state index contributed by atoms with van der Waals surface area (Å²) >= 11 is 0. The largest absolute Gasteiger partial charge is 0.346 e. The fourth-order valence-corrected chi connectivity index (χ4v) is 4.31. The molecule has 1 unspecified atom stereocenters. The molecule has 140 valence electrons. The predicted molar refractivity (Wildman–Crippen MR) is 100 cm³/mol. The van der Waals surface area contributed by atoms with Gasteiger partial charge in [-0.05, 0) is 54.8 Å². The molecule has 1 aliphatic heterocycles. The molecule has 0 spiro atoms. The van der Waals surface area contributed by atoms with Gasteiger partial charge >= 0.3 is 0 Å². The molecule has 8 heteroatoms. The first-order chi connectivity index (χ1) is 12.2. The van der Waals surface area contributed by atoms with Crippen LogP contribution in [0.4, 0.5) is 0 Å². The summed E-state index contributed by atoms with van der Waals surface area (Å²) in [5.74, 6) is 1.23. The average Bonchev–Trinajstić information content (AvgIpc) is 3.30. The number of hydrogen-bond donors (Lipinski definition) is 2. The normalized spacial score (nSPS) is 25.8. The average molecular weight is 377 g/mol. The number of nitrogens with one attached hydrogen (secondary N) is 2. The third-order valence-corrected chi connectivity index (χ3v) is 5.72. The summed E-state index contributed by atoms with van der Waals surface area (Å²) < 4.78 is 1.69. The van der Waals surface area contributed by atoms with Crippen LogP contribution < -0.4 is 10.6 Å². The Bertz CT molecular complexity index is 751. The second-order valence-electron chi connectivity index (χ2n) is 7.21. The zero-order valence-electron chi connectivity index (χ0n) is 14.9. The summed E-state index contributed by atoms with van der Waals surface area (Å²) in [6.07, 6.45) is 4.45. The van der Waals surface area contributed by atoms with Crippen LogP contribution in [-0.2, 0) is 4.79 Å². The summed E-state index contributed by atoms with van der Waals surface area (Å²) in [6.45, 7) is 3.67. The van der Waals surface area contributed by atoms with E-state index in [-0.39, 0.29) is 29.8 Å². The minimum atomic E-state index is -0.266. The van der Waals surface area contributed by atoms with Crippen molar-refractivity contribution in [2.75, 3.05) is 13.1 Å². The van der Waals surface area contributed by atoms with E-state index < -0.39 is 0 Å². The number of carbonyl (C=O) groups is 1. The van der Waals surface area contributed by atoms with E-state index in [0.717, 1.165) is 38.0 Å². The standard InChI is InChI=1S/C18H24N6O.ClH/c1-13(16-21-22-23-24(16)15-8-3-2-4-9-15)20-17(25)18-10-6-5-7-14(18)11-19-12-18;/h2-4,8-9,13-14,19H,5-7,10-12H2,1H3,(H,20,25);1H/t13?,14-,18+;/m0./s1. The lowest BCUT2D eigenvalue weighted by molar-refractivity contribution is -0.134. The zero-order chi connectivity index (χ0) is 17.3. The second-order valence-corrected chi connectivity index (χ2v) is 7.21. The highest BCUT2D eigenvalue weighted by Gasteiger charge is 2.50. The van der Waals surface area contributed by atoms with Crippen molar-refractivity contribution in [1.82, 2.24) is 30.8 Å². The van der Waals surface area contributed by atoms with Gasteiger partial charge in [-0.3, -0.25) is 4.79 Å². The van der Waals surface area contributed by atoms with Crippen molar-refractivity contribution in [1.29, 1.82) is 0 Å². The molecular weight excluding hydrogens is 352 g/mol. The Morgan fingerprint density at radius 2 is 2.15 bits per heavy atom. The molecule has 2 aliphatic rings. The van der Waals surface area contributed by atoms with Gasteiger partial charge in [0.25, 0.3) is 0 Å². The number of hydrogen-bond acceptors (Lipinski definition) is 5. The number of rotatable bonds is 4. The molecule has 7 nitrogen and oxygen atoms in total. The first-order valence-corrected chi connectivity index (χ1v) is 9.06. The highest BCUT2D eigenvalue weighted by atomic mass is 35.5. The fourth-order valence-electron chi connectivity index (χ4n) is 4.31. The topological polar surface area (TPSA) is 84.7 Å². The van der Waals surface area contributed by atoms with Gasteiger partial charge in [-0.25, -0.2) is 0 Å². The van der Waals surface area contributed by atoms with Crippen molar-refractivity contribution in [3.05, 3.63) is 36.2 Å². The molecule has 0 radical (unpaired) electrons. The van der Waals surface area contributed by atoms with E-state index >= 15 is 0 Å². The van der Waals surface area contributed by atoms with E-state index in [4.69, 9.17) is 0 Å². The maximum Gasteiger partial charge on any atom is 0.228 e. The number of amides is 1. The Hall–Kier alpha value is -1.99. The van der Waals surface area contributed by atoms with Crippen molar-refractivity contribution in [3.63, 3.8) is 0 Å². The second kappa shape index (κ2) is 7.72. The van der Waals surface area contributed by atoms with E-state index in [1.807, 2.05) is 37.3 Å². The Morgan fingerprint density at radius 3 is 2.96 bits per heavy atom. The molecule has 26 heavy (non-hydrogen) atoms. The first kappa shape index (κ1) is 18.8. The lowest BCUT2D eigenvalue weighted by atomic mass is 9.67. The molecule has 1 saturated carbocycles. The van der Waals surface area contributed by atoms with Crippen LogP contribution in [-0.4, -0.2) is 39.2 Å². The van der Waals surface area contributed by atoms with E-state index in [1.54, 1.807) is 4.68 Å². The highest BCUT2D eigenvalue weighted by molar-refractivity contribution is 5.85. The lowest BCUT2D eigenvalue weighted by Crippen LogP contribution is -2.48. The van der Waals surface area contributed by atoms with Gasteiger partial charge in [-0.2, -0.15) is 4.68 Å². The van der Waals surface area contributed by atoms with Crippen LogP contribution in [0, 0.1) is 11.3 Å². The number of para-hydroxylation sites is 1. The van der Waals surface area contributed by atoms with Gasteiger partial charge in [-0.1, -0.05) is 31.0 Å². The monoisotopic (exact) mass is 376 g/mol. The van der Waals surface area contributed by atoms with Crippen LogP contribution in [0.5, 0.6) is 0 Å². The molecule has 2 heterocycles. The van der Waals surface area contributed by atoms with Gasteiger partial charge in [0, 0.05) is 6.54 Å². The minimum Gasteiger partial charge on any atom is -0.346 e. The maximum absolute atomic E-state index is 13.1. The molecule has 4 rings (SSSR count). The Kier molecular flexibility index (Phi) is 5.58. The number of tetrazole rings is 1. The summed E-state index contributed by atoms with van der Waals surface area (Å²) in [5.41, 5.74) is 0.622. The highest BCUT2D eigenvalue weighted by Crippen LogP contribution is 2.44. The van der Waals surface area contributed by atoms with Crippen molar-refractivity contribution in [2.45, 2.75) is 38.6 Å². The smallest absolute Gasteiger partial charge is 0.228 e. The molecule has 1 amide bonds. The van der Waals surface area contributed by atoms with Gasteiger partial charge < -0.3 is 10.6 Å². The Balaban J connectivity index is 0.00000196. The first-order valence-electron chi connectivity index (χ1n) is 9.06. The van der Waals surface area contributed by atoms with Crippen LogP contribution in [0.1, 0.15) is 44.5 Å². The molecular formula is C18H25ClN6O. The van der Waals surface area contributed by atoms with Gasteiger partial charge in [0.1, 0.15) is 0 Å². The van der Waals surface area contributed by atoms with Crippen molar-refractivity contribution in [3.8, 4) is 5.69 Å². The van der Waals surface area contributed by atoms with Gasteiger partial charge in [0.2, 0.25) is 5.91 Å². The Morgan fingerprint density at radius 1 is 1.35 bits per heavy atom. The van der Waals surface area contributed by atoms with Crippen molar-refractivity contribution >= 4 is 18.3 Å². The predicted octanol–water partition coefficient (Wildman–Crippen LogP) is 2.04. The molecule has 0 bridgehead atoms. The zero-order valence-corrected chi connectivity index (χ0v) is 15.7. The van der Waals surface area contributed by atoms with Gasteiger partial charge in [0.15, 0.2) is 5.82 Å². The number of aromatic nitrogens is 4. The number of benzene rings is 1. The van der Waals surface area contributed by atoms with E-state index in [9.17, 15) is 4.79 Å². The SMILES string of the molecule is CC(NC(=O)[C@@]12CCCC[C@H]1CNC2)c1nnnn1-c1ccccc1.Cl. The van der Waals surface area contributed by atoms with E-state index in [2.05, 4.69) is 26.2 Å². The molecule has 1 aromatic carbocycles. The third-order valence-electron chi connectivity index (χ3n) is 5.72. The summed E-state index contributed by atoms with van der Waals surface area (Å²) in [4.78, 5) is 13.1. The molecule has 2 N–H and O–H groups in total. The summed E-state index contributed by atoms with van der Waals surface area (Å²) in [7, 11) is 0. The van der Waals surface area contributed by atoms with Crippen molar-refractivity contribution < 1.29 is 4.79 Å². The van der Waals surface area contributed by atoms with Crippen LogP contribution in [0.15, 0.2) is 30.3 Å². The minimum absolute atomic E-state index is 0. The van der Waals surface area contributed by atoms with Crippen LogP contribution >= 0.6 is 12.4 Å². The van der Waals surface area contributed by atoms with Crippen LogP contribution in [0.25, 0.3) is 5.69 Å². The molecule has 3 atom stereocenters. The van der Waals surface area contributed by atoms with E-state index in [1.165, 1.54) is 6.42 Å². The molecule has 1 aliphatic carbocycles. The lowest BCUT2D eigenvalue weighted by Gasteiger charge is -2.37. The number of nitrogens with zero attached hydrogens (tertiary/aromatic N) is 4. The molecule has 2 fully saturated rings.